The molecular formula is C9H12O2. The third-order valence-electron chi connectivity index (χ3n) is 3.86. The first-order valence-electron chi connectivity index (χ1n) is 4.41. The molecule has 3 unspecified atom stereocenters. The molecule has 0 amide bonds. The van der Waals surface area contributed by atoms with Crippen LogP contribution in [0.2, 0.25) is 0 Å². The van der Waals surface area contributed by atoms with Crippen LogP contribution in [-0.4, -0.2) is 12.1 Å². The van der Waals surface area contributed by atoms with Crippen molar-refractivity contribution in [2.75, 3.05) is 0 Å². The summed E-state index contributed by atoms with van der Waals surface area (Å²) in [6, 6.07) is 0. The van der Waals surface area contributed by atoms with Gasteiger partial charge in [-0.3, -0.25) is 4.79 Å². The van der Waals surface area contributed by atoms with E-state index in [4.69, 9.17) is 4.74 Å². The summed E-state index contributed by atoms with van der Waals surface area (Å²) in [5.41, 5.74) is -0.0758. The van der Waals surface area contributed by atoms with E-state index in [-0.39, 0.29) is 11.4 Å². The molecule has 2 nitrogen and oxygen atoms in total. The van der Waals surface area contributed by atoms with Crippen molar-refractivity contribution >= 4 is 5.97 Å². The van der Waals surface area contributed by atoms with Crippen LogP contribution in [-0.2, 0) is 9.53 Å². The number of ether oxygens (including phenoxy) is 1. The second-order valence-corrected chi connectivity index (χ2v) is 4.51. The molecule has 11 heavy (non-hydrogen) atoms. The zero-order chi connectivity index (χ0) is 7.64. The van der Waals surface area contributed by atoms with Gasteiger partial charge in [0.15, 0.2) is 0 Å². The third-order valence-corrected chi connectivity index (χ3v) is 3.86. The molecule has 0 N–H and O–H groups in total. The number of hydrogen-bond acceptors (Lipinski definition) is 2. The molecule has 1 aliphatic heterocycles. The van der Waals surface area contributed by atoms with Gasteiger partial charge in [-0.05, 0) is 32.1 Å². The maximum absolute atomic E-state index is 11.4. The number of carbonyl (C=O) groups is 1. The first-order valence-corrected chi connectivity index (χ1v) is 4.41. The highest BCUT2D eigenvalue weighted by molar-refractivity contribution is 5.80. The fourth-order valence-electron chi connectivity index (χ4n) is 3.33. The smallest absolute Gasteiger partial charge is 0.312 e. The van der Waals surface area contributed by atoms with Gasteiger partial charge in [0, 0.05) is 5.92 Å². The second-order valence-electron chi connectivity index (χ2n) is 4.51. The first-order chi connectivity index (χ1) is 5.20. The molecule has 3 fully saturated rings. The SMILES string of the molecule is C[C@]12CC3CC(OC1=O)C2C3. The molecule has 0 aromatic carbocycles. The van der Waals surface area contributed by atoms with Crippen LogP contribution in [0.5, 0.6) is 0 Å². The Kier molecular flexibility index (Phi) is 0.809. The summed E-state index contributed by atoms with van der Waals surface area (Å²) in [7, 11) is 0. The summed E-state index contributed by atoms with van der Waals surface area (Å²) < 4.78 is 5.30. The molecule has 1 heterocycles. The molecule has 2 saturated carbocycles. The van der Waals surface area contributed by atoms with E-state index in [2.05, 4.69) is 6.92 Å². The number of hydrogen-bond donors (Lipinski definition) is 0. The minimum Gasteiger partial charge on any atom is -0.462 e. The topological polar surface area (TPSA) is 26.3 Å². The van der Waals surface area contributed by atoms with E-state index in [1.54, 1.807) is 0 Å². The van der Waals surface area contributed by atoms with Gasteiger partial charge in [-0.15, -0.1) is 0 Å². The summed E-state index contributed by atoms with van der Waals surface area (Å²) in [5, 5.41) is 0. The second kappa shape index (κ2) is 1.47. The van der Waals surface area contributed by atoms with Crippen LogP contribution in [0.25, 0.3) is 0 Å². The summed E-state index contributed by atoms with van der Waals surface area (Å²) in [4.78, 5) is 11.4. The number of fused-ring (bicyclic) bond motifs is 1. The van der Waals surface area contributed by atoms with E-state index >= 15 is 0 Å². The Bertz CT molecular complexity index is 236. The van der Waals surface area contributed by atoms with Crippen molar-refractivity contribution < 1.29 is 9.53 Å². The van der Waals surface area contributed by atoms with E-state index in [1.807, 2.05) is 0 Å². The van der Waals surface area contributed by atoms with E-state index in [0.29, 0.717) is 12.0 Å². The van der Waals surface area contributed by atoms with Crippen LogP contribution < -0.4 is 0 Å². The van der Waals surface area contributed by atoms with Gasteiger partial charge in [0.1, 0.15) is 6.10 Å². The van der Waals surface area contributed by atoms with Crippen molar-refractivity contribution in [1.29, 1.82) is 0 Å². The molecule has 4 atom stereocenters. The largest absolute Gasteiger partial charge is 0.462 e. The molecule has 3 aliphatic rings. The summed E-state index contributed by atoms with van der Waals surface area (Å²) in [5.74, 6) is 1.44. The third kappa shape index (κ3) is 0.501. The van der Waals surface area contributed by atoms with Gasteiger partial charge < -0.3 is 4.74 Å². The Balaban J connectivity index is 2.11. The maximum atomic E-state index is 11.4. The van der Waals surface area contributed by atoms with Gasteiger partial charge in [-0.2, -0.15) is 0 Å². The van der Waals surface area contributed by atoms with E-state index in [9.17, 15) is 4.79 Å². The Morgan fingerprint density at radius 2 is 2.36 bits per heavy atom. The minimum atomic E-state index is -0.0758. The molecule has 1 saturated heterocycles. The lowest BCUT2D eigenvalue weighted by atomic mass is 9.76. The van der Waals surface area contributed by atoms with E-state index in [0.717, 1.165) is 18.8 Å². The van der Waals surface area contributed by atoms with Crippen molar-refractivity contribution in [2.24, 2.45) is 17.3 Å². The van der Waals surface area contributed by atoms with Crippen LogP contribution >= 0.6 is 0 Å². The average molecular weight is 152 g/mol. The van der Waals surface area contributed by atoms with Crippen LogP contribution in [0.1, 0.15) is 26.2 Å². The van der Waals surface area contributed by atoms with Crippen LogP contribution in [0, 0.1) is 17.3 Å². The molecule has 0 aromatic heterocycles. The first kappa shape index (κ1) is 6.04. The maximum Gasteiger partial charge on any atom is 0.312 e. The summed E-state index contributed by atoms with van der Waals surface area (Å²) in [6.07, 6.45) is 3.78. The van der Waals surface area contributed by atoms with Gasteiger partial charge in [-0.25, -0.2) is 0 Å². The van der Waals surface area contributed by atoms with Crippen molar-refractivity contribution in [1.82, 2.24) is 0 Å². The number of esters is 1. The lowest BCUT2D eigenvalue weighted by Crippen LogP contribution is -2.28. The highest BCUT2D eigenvalue weighted by atomic mass is 16.6. The van der Waals surface area contributed by atoms with Gasteiger partial charge in [0.25, 0.3) is 0 Å². The highest BCUT2D eigenvalue weighted by Gasteiger charge is 2.63. The molecule has 2 heteroatoms. The van der Waals surface area contributed by atoms with E-state index in [1.165, 1.54) is 6.42 Å². The lowest BCUT2D eigenvalue weighted by molar-refractivity contribution is -0.147. The predicted molar refractivity (Wildman–Crippen MR) is 38.8 cm³/mol. The van der Waals surface area contributed by atoms with Gasteiger partial charge in [0.2, 0.25) is 0 Å². The van der Waals surface area contributed by atoms with Crippen molar-refractivity contribution in [3.05, 3.63) is 0 Å². The Labute approximate surface area is 65.9 Å². The zero-order valence-electron chi connectivity index (χ0n) is 6.67. The molecular weight excluding hydrogens is 140 g/mol. The van der Waals surface area contributed by atoms with Crippen LogP contribution in [0.15, 0.2) is 0 Å². The Morgan fingerprint density at radius 3 is 2.91 bits per heavy atom. The van der Waals surface area contributed by atoms with Gasteiger partial charge in [0.05, 0.1) is 5.41 Å². The van der Waals surface area contributed by atoms with Crippen LogP contribution in [0.4, 0.5) is 0 Å². The average Bonchev–Trinajstić information content (AvgIpc) is 2.45. The Morgan fingerprint density at radius 1 is 1.55 bits per heavy atom. The molecule has 60 valence electrons. The van der Waals surface area contributed by atoms with Crippen LogP contribution in [0.3, 0.4) is 0 Å². The summed E-state index contributed by atoms with van der Waals surface area (Å²) in [6.45, 7) is 2.08. The zero-order valence-corrected chi connectivity index (χ0v) is 6.67. The normalized spacial score (nSPS) is 58.6. The number of carbonyl (C=O) groups excluding carboxylic acids is 1. The highest BCUT2D eigenvalue weighted by Crippen LogP contribution is 2.61. The monoisotopic (exact) mass is 152 g/mol. The van der Waals surface area contributed by atoms with Crippen molar-refractivity contribution in [2.45, 2.75) is 32.3 Å². The molecule has 0 spiro atoms. The summed E-state index contributed by atoms with van der Waals surface area (Å²) >= 11 is 0. The lowest BCUT2D eigenvalue weighted by Gasteiger charge is -2.22. The minimum absolute atomic E-state index is 0.0758. The molecule has 3 rings (SSSR count). The molecule has 0 aromatic rings. The van der Waals surface area contributed by atoms with Gasteiger partial charge in [-0.1, -0.05) is 0 Å². The van der Waals surface area contributed by atoms with E-state index < -0.39 is 0 Å². The fraction of sp³-hybridized carbons (Fsp3) is 0.889. The van der Waals surface area contributed by atoms with Crippen molar-refractivity contribution in [3.8, 4) is 0 Å². The molecule has 0 radical (unpaired) electrons. The standard InChI is InChI=1S/C9H12O2/c1-9-4-5-2-6(9)7(3-5)11-8(9)10/h5-7H,2-4H2,1H3/t5?,6?,7?,9-/m1/s1. The Hall–Kier alpha value is -0.530. The van der Waals surface area contributed by atoms with Crippen molar-refractivity contribution in [3.63, 3.8) is 0 Å². The predicted octanol–water partition coefficient (Wildman–Crippen LogP) is 1.35. The molecule has 2 bridgehead atoms. The quantitative estimate of drug-likeness (QED) is 0.490. The number of rotatable bonds is 0. The fourth-order valence-corrected chi connectivity index (χ4v) is 3.33. The van der Waals surface area contributed by atoms with Gasteiger partial charge >= 0.3 is 5.97 Å². The molecule has 2 aliphatic carbocycles.